The molecule has 23 heavy (non-hydrogen) atoms. The van der Waals surface area contributed by atoms with E-state index in [0.717, 1.165) is 31.7 Å². The minimum absolute atomic E-state index is 0.0232. The zero-order valence-corrected chi connectivity index (χ0v) is 14.9. The van der Waals surface area contributed by atoms with Gasteiger partial charge in [-0.3, -0.25) is 4.90 Å². The first kappa shape index (κ1) is 17.6. The van der Waals surface area contributed by atoms with Crippen molar-refractivity contribution in [2.45, 2.75) is 19.5 Å². The number of thiocarbonyl (C=S) groups is 1. The summed E-state index contributed by atoms with van der Waals surface area (Å²) >= 11 is 4.87. The molecule has 1 aliphatic rings. The molecule has 1 atom stereocenters. The van der Waals surface area contributed by atoms with Crippen molar-refractivity contribution in [3.8, 4) is 17.2 Å². The third kappa shape index (κ3) is 3.97. The molecule has 0 radical (unpaired) electrons. The smallest absolute Gasteiger partial charge is 0.257 e. The molecule has 0 bridgehead atoms. The summed E-state index contributed by atoms with van der Waals surface area (Å²) in [4.78, 5) is 4.17. The first-order valence-corrected chi connectivity index (χ1v) is 7.91. The zero-order valence-electron chi connectivity index (χ0n) is 14.0. The Bertz CT molecular complexity index is 542. The van der Waals surface area contributed by atoms with Gasteiger partial charge in [0.05, 0.1) is 21.3 Å². The molecule has 1 aromatic carbocycles. The minimum atomic E-state index is -0.0232. The van der Waals surface area contributed by atoms with Gasteiger partial charge in [0.15, 0.2) is 11.5 Å². The standard InChI is InChI=1S/C16H24N2O4S/c1-11-9-17(5-6-18(11)16(19)23)10-12-7-13(20-2)15(22-4)14(8-12)21-3/h7-8,11H,5-6,9-10H2,1-4H3,(H,19,23). The topological polar surface area (TPSA) is 54.4 Å². The molecule has 128 valence electrons. The fraction of sp³-hybridized carbons (Fsp3) is 0.562. The summed E-state index contributed by atoms with van der Waals surface area (Å²) in [5, 5.41) is 9.49. The van der Waals surface area contributed by atoms with E-state index < -0.39 is 0 Å². The van der Waals surface area contributed by atoms with Crippen LogP contribution in [0.1, 0.15) is 12.5 Å². The molecule has 1 aliphatic heterocycles. The van der Waals surface area contributed by atoms with Crippen molar-refractivity contribution in [3.63, 3.8) is 0 Å². The molecule has 6 nitrogen and oxygen atoms in total. The summed E-state index contributed by atoms with van der Waals surface area (Å²) in [5.41, 5.74) is 1.09. The molecule has 1 unspecified atom stereocenters. The van der Waals surface area contributed by atoms with Gasteiger partial charge in [0.25, 0.3) is 5.17 Å². The predicted octanol–water partition coefficient (Wildman–Crippen LogP) is 2.06. The highest BCUT2D eigenvalue weighted by molar-refractivity contribution is 7.79. The quantitative estimate of drug-likeness (QED) is 0.824. The maximum Gasteiger partial charge on any atom is 0.257 e. The maximum absolute atomic E-state index is 9.51. The molecule has 1 aromatic rings. The largest absolute Gasteiger partial charge is 0.493 e. The Morgan fingerprint density at radius 2 is 1.78 bits per heavy atom. The molecule has 7 heteroatoms. The lowest BCUT2D eigenvalue weighted by atomic mass is 10.1. The summed E-state index contributed by atoms with van der Waals surface area (Å²) in [7, 11) is 4.83. The van der Waals surface area contributed by atoms with Crippen molar-refractivity contribution in [1.29, 1.82) is 0 Å². The Kier molecular flexibility index (Phi) is 5.90. The minimum Gasteiger partial charge on any atom is -0.493 e. The van der Waals surface area contributed by atoms with Gasteiger partial charge in [-0.05, 0) is 36.8 Å². The third-order valence-corrected chi connectivity index (χ3v) is 4.32. The van der Waals surface area contributed by atoms with Crippen LogP contribution in [0.3, 0.4) is 0 Å². The van der Waals surface area contributed by atoms with Crippen molar-refractivity contribution in [1.82, 2.24) is 9.80 Å². The summed E-state index contributed by atoms with van der Waals surface area (Å²) in [6.07, 6.45) is 0. The van der Waals surface area contributed by atoms with E-state index in [9.17, 15) is 5.11 Å². The Labute approximate surface area is 142 Å². The van der Waals surface area contributed by atoms with Crippen molar-refractivity contribution in [2.24, 2.45) is 0 Å². The van der Waals surface area contributed by atoms with E-state index in [-0.39, 0.29) is 11.2 Å². The Hall–Kier alpha value is -1.73. The van der Waals surface area contributed by atoms with E-state index in [1.54, 1.807) is 21.3 Å². The van der Waals surface area contributed by atoms with Gasteiger partial charge in [0.1, 0.15) is 0 Å². The SMILES string of the molecule is COc1cc(CN2CCN(C(O)=S)C(C)C2)cc(OC)c1OC. The number of hydrogen-bond donors (Lipinski definition) is 1. The monoisotopic (exact) mass is 340 g/mol. The van der Waals surface area contributed by atoms with E-state index in [1.807, 2.05) is 17.0 Å². The molecule has 0 aromatic heterocycles. The van der Waals surface area contributed by atoms with Crippen molar-refractivity contribution < 1.29 is 19.3 Å². The van der Waals surface area contributed by atoms with Crippen LogP contribution >= 0.6 is 12.2 Å². The molecule has 1 saturated heterocycles. The van der Waals surface area contributed by atoms with Crippen LogP contribution in [0.2, 0.25) is 0 Å². The predicted molar refractivity (Wildman–Crippen MR) is 92.8 cm³/mol. The first-order chi connectivity index (χ1) is 11.0. The molecular formula is C16H24N2O4S. The number of benzene rings is 1. The number of rotatable bonds is 5. The molecule has 0 saturated carbocycles. The Morgan fingerprint density at radius 1 is 1.17 bits per heavy atom. The second-order valence-electron chi connectivity index (χ2n) is 5.59. The highest BCUT2D eigenvalue weighted by Gasteiger charge is 2.25. The number of hydrogen-bond acceptors (Lipinski definition) is 5. The highest BCUT2D eigenvalue weighted by Crippen LogP contribution is 2.38. The van der Waals surface area contributed by atoms with Crippen LogP contribution in [-0.2, 0) is 6.54 Å². The summed E-state index contributed by atoms with van der Waals surface area (Å²) in [6.45, 7) is 5.22. The van der Waals surface area contributed by atoms with Gasteiger partial charge in [-0.1, -0.05) is 0 Å². The lowest BCUT2D eigenvalue weighted by Gasteiger charge is -2.39. The second kappa shape index (κ2) is 7.70. The lowest BCUT2D eigenvalue weighted by molar-refractivity contribution is 0.118. The van der Waals surface area contributed by atoms with Crippen LogP contribution < -0.4 is 14.2 Å². The molecule has 0 amide bonds. The Morgan fingerprint density at radius 3 is 2.22 bits per heavy atom. The molecule has 1 N–H and O–H groups in total. The van der Waals surface area contributed by atoms with Crippen molar-refractivity contribution >= 4 is 17.4 Å². The van der Waals surface area contributed by atoms with E-state index in [4.69, 9.17) is 26.4 Å². The van der Waals surface area contributed by atoms with Gasteiger partial charge in [-0.15, -0.1) is 0 Å². The van der Waals surface area contributed by atoms with Crippen LogP contribution in [-0.4, -0.2) is 67.1 Å². The van der Waals surface area contributed by atoms with E-state index in [1.165, 1.54) is 0 Å². The number of nitrogens with zero attached hydrogens (tertiary/aromatic N) is 2. The maximum atomic E-state index is 9.51. The van der Waals surface area contributed by atoms with E-state index in [2.05, 4.69) is 11.8 Å². The number of ether oxygens (including phenoxy) is 3. The normalized spacial score (nSPS) is 18.6. The van der Waals surface area contributed by atoms with Gasteiger partial charge >= 0.3 is 0 Å². The van der Waals surface area contributed by atoms with Gasteiger partial charge in [-0.2, -0.15) is 0 Å². The molecular weight excluding hydrogens is 316 g/mol. The highest BCUT2D eigenvalue weighted by atomic mass is 32.1. The van der Waals surface area contributed by atoms with Crippen molar-refractivity contribution in [3.05, 3.63) is 17.7 Å². The van der Waals surface area contributed by atoms with Crippen LogP contribution in [0, 0.1) is 0 Å². The lowest BCUT2D eigenvalue weighted by Crippen LogP contribution is -2.53. The summed E-state index contributed by atoms with van der Waals surface area (Å²) < 4.78 is 16.1. The third-order valence-electron chi connectivity index (χ3n) is 4.09. The molecule has 2 rings (SSSR count). The second-order valence-corrected chi connectivity index (χ2v) is 5.96. The fourth-order valence-electron chi connectivity index (χ4n) is 2.95. The first-order valence-electron chi connectivity index (χ1n) is 7.51. The van der Waals surface area contributed by atoms with Crippen LogP contribution in [0.15, 0.2) is 12.1 Å². The number of methoxy groups -OCH3 is 3. The summed E-state index contributed by atoms with van der Waals surface area (Å²) in [6, 6.07) is 4.12. The number of aliphatic hydroxyl groups excluding tert-OH is 1. The molecule has 1 heterocycles. The Balaban J connectivity index is 2.13. The van der Waals surface area contributed by atoms with Gasteiger partial charge < -0.3 is 24.2 Å². The van der Waals surface area contributed by atoms with Gasteiger partial charge in [0.2, 0.25) is 5.75 Å². The zero-order chi connectivity index (χ0) is 17.0. The average molecular weight is 340 g/mol. The molecule has 1 fully saturated rings. The van der Waals surface area contributed by atoms with Crippen LogP contribution in [0.25, 0.3) is 0 Å². The van der Waals surface area contributed by atoms with E-state index in [0.29, 0.717) is 17.2 Å². The van der Waals surface area contributed by atoms with Gasteiger partial charge in [0, 0.05) is 32.2 Å². The van der Waals surface area contributed by atoms with Crippen LogP contribution in [0.5, 0.6) is 17.2 Å². The van der Waals surface area contributed by atoms with E-state index >= 15 is 0 Å². The van der Waals surface area contributed by atoms with Crippen molar-refractivity contribution in [2.75, 3.05) is 41.0 Å². The fourth-order valence-corrected chi connectivity index (χ4v) is 3.22. The number of aliphatic hydroxyl groups is 1. The molecule has 0 aliphatic carbocycles. The number of piperazine rings is 1. The molecule has 0 spiro atoms. The average Bonchev–Trinajstić information content (AvgIpc) is 2.53. The summed E-state index contributed by atoms with van der Waals surface area (Å²) in [5.74, 6) is 1.91. The van der Waals surface area contributed by atoms with Gasteiger partial charge in [-0.25, -0.2) is 0 Å². The van der Waals surface area contributed by atoms with Crippen LogP contribution in [0.4, 0.5) is 0 Å².